The predicted molar refractivity (Wildman–Crippen MR) is 72.0 cm³/mol. The summed E-state index contributed by atoms with van der Waals surface area (Å²) in [5.41, 5.74) is -1.13. The van der Waals surface area contributed by atoms with E-state index in [9.17, 15) is 18.0 Å². The number of nitrogens with zero attached hydrogens (tertiary/aromatic N) is 3. The summed E-state index contributed by atoms with van der Waals surface area (Å²) in [6.45, 7) is 3.09. The normalized spacial score (nSPS) is 11.4. The summed E-state index contributed by atoms with van der Waals surface area (Å²) in [4.78, 5) is 16.7. The molecule has 23 heavy (non-hydrogen) atoms. The Balaban J connectivity index is 2.62. The third kappa shape index (κ3) is 3.27. The number of ether oxygens (including phenoxy) is 1. The van der Waals surface area contributed by atoms with Crippen molar-refractivity contribution in [3.8, 4) is 5.69 Å². The summed E-state index contributed by atoms with van der Waals surface area (Å²) in [7, 11) is 1.42. The molecule has 0 radical (unpaired) electrons. The first-order valence-corrected chi connectivity index (χ1v) is 6.68. The van der Waals surface area contributed by atoms with Crippen molar-refractivity contribution in [2.45, 2.75) is 20.0 Å². The Labute approximate surface area is 130 Å². The molecule has 0 atom stereocenters. The molecule has 9 heteroatoms. The highest BCUT2D eigenvalue weighted by atomic mass is 19.4. The van der Waals surface area contributed by atoms with Crippen LogP contribution in [0.5, 0.6) is 0 Å². The molecule has 6 nitrogen and oxygen atoms in total. The van der Waals surface area contributed by atoms with Crippen LogP contribution in [0.1, 0.15) is 28.5 Å². The van der Waals surface area contributed by atoms with Crippen LogP contribution in [0, 0.1) is 6.92 Å². The van der Waals surface area contributed by atoms with Gasteiger partial charge >= 0.3 is 12.1 Å². The minimum Gasteiger partial charge on any atom is -0.462 e. The number of aryl methyl sites for hydroxylation is 1. The molecule has 0 unspecified atom stereocenters. The van der Waals surface area contributed by atoms with Crippen LogP contribution < -0.4 is 9.57 Å². The molecule has 0 aliphatic heterocycles. The van der Waals surface area contributed by atoms with Gasteiger partial charge in [-0.15, -0.1) is 0 Å². The number of pyridine rings is 1. The summed E-state index contributed by atoms with van der Waals surface area (Å²) in [6, 6.07) is 1.41. The van der Waals surface area contributed by atoms with Gasteiger partial charge in [0.15, 0.2) is 5.69 Å². The molecule has 0 aromatic carbocycles. The second-order valence-electron chi connectivity index (χ2n) is 4.59. The van der Waals surface area contributed by atoms with Crippen molar-refractivity contribution >= 4 is 5.97 Å². The summed E-state index contributed by atoms with van der Waals surface area (Å²) in [5.74, 6) is -1.06. The maximum Gasteiger partial charge on any atom is 0.434 e. The van der Waals surface area contributed by atoms with Gasteiger partial charge in [0.05, 0.1) is 18.5 Å². The van der Waals surface area contributed by atoms with Gasteiger partial charge in [0.25, 0.3) is 0 Å². The maximum atomic E-state index is 13.4. The number of rotatable bonds is 4. The van der Waals surface area contributed by atoms with E-state index >= 15 is 0 Å². The van der Waals surface area contributed by atoms with E-state index in [1.807, 2.05) is 0 Å². The van der Waals surface area contributed by atoms with Crippen molar-refractivity contribution in [3.63, 3.8) is 0 Å². The molecule has 0 aliphatic rings. The highest BCUT2D eigenvalue weighted by Crippen LogP contribution is 2.34. The Kier molecular flexibility index (Phi) is 4.57. The largest absolute Gasteiger partial charge is 0.462 e. The molecule has 0 amide bonds. The summed E-state index contributed by atoms with van der Waals surface area (Å²) >= 11 is 0. The van der Waals surface area contributed by atoms with E-state index in [-0.39, 0.29) is 12.3 Å². The van der Waals surface area contributed by atoms with Crippen LogP contribution in [0.2, 0.25) is 0 Å². The molecule has 0 fully saturated rings. The lowest BCUT2D eigenvalue weighted by Crippen LogP contribution is -2.40. The van der Waals surface area contributed by atoms with Crippen molar-refractivity contribution in [2.24, 2.45) is 0 Å². The summed E-state index contributed by atoms with van der Waals surface area (Å²) in [6.07, 6.45) is -0.967. The number of hydrogen-bond donors (Lipinski definition) is 0. The van der Waals surface area contributed by atoms with Gasteiger partial charge in [-0.05, 0) is 13.8 Å². The van der Waals surface area contributed by atoms with E-state index in [0.29, 0.717) is 10.2 Å². The first-order valence-electron chi connectivity index (χ1n) is 6.68. The van der Waals surface area contributed by atoms with Gasteiger partial charge in [-0.25, -0.2) is 9.48 Å². The lowest BCUT2D eigenvalue weighted by atomic mass is 10.2. The van der Waals surface area contributed by atoms with Crippen LogP contribution in [0.3, 0.4) is 0 Å². The molecular formula is C14H15F3N3O3+. The van der Waals surface area contributed by atoms with Gasteiger partial charge in [-0.2, -0.15) is 18.3 Å². The molecule has 2 heterocycles. The zero-order chi connectivity index (χ0) is 17.2. The fourth-order valence-electron chi connectivity index (χ4n) is 2.09. The van der Waals surface area contributed by atoms with E-state index < -0.39 is 23.4 Å². The van der Waals surface area contributed by atoms with Gasteiger partial charge in [0.1, 0.15) is 12.7 Å². The number of hydrogen-bond acceptors (Lipinski definition) is 4. The van der Waals surface area contributed by atoms with Gasteiger partial charge < -0.3 is 4.74 Å². The number of esters is 1. The number of carbonyl (C=O) groups excluding carboxylic acids is 1. The van der Waals surface area contributed by atoms with Gasteiger partial charge in [0, 0.05) is 16.4 Å². The van der Waals surface area contributed by atoms with Gasteiger partial charge in [0.2, 0.25) is 12.4 Å². The van der Waals surface area contributed by atoms with Crippen molar-refractivity contribution in [3.05, 3.63) is 41.5 Å². The monoisotopic (exact) mass is 330 g/mol. The molecule has 0 spiro atoms. The fourth-order valence-corrected chi connectivity index (χ4v) is 2.09. The van der Waals surface area contributed by atoms with Crippen LogP contribution in [0.25, 0.3) is 5.69 Å². The van der Waals surface area contributed by atoms with Crippen molar-refractivity contribution in [2.75, 3.05) is 13.7 Å². The number of alkyl halides is 3. The quantitative estimate of drug-likeness (QED) is 0.633. The minimum absolute atomic E-state index is 0.0283. The molecule has 2 rings (SSSR count). The zero-order valence-electron chi connectivity index (χ0n) is 12.7. The van der Waals surface area contributed by atoms with E-state index in [1.54, 1.807) is 6.92 Å². The molecular weight excluding hydrogens is 315 g/mol. The van der Waals surface area contributed by atoms with Crippen LogP contribution in [-0.2, 0) is 10.9 Å². The molecule has 0 N–H and O–H groups in total. The second-order valence-corrected chi connectivity index (χ2v) is 4.59. The molecule has 0 aliphatic carbocycles. The highest BCUT2D eigenvalue weighted by molar-refractivity contribution is 5.90. The smallest absolute Gasteiger partial charge is 0.434 e. The first-order chi connectivity index (χ1) is 10.8. The van der Waals surface area contributed by atoms with Crippen molar-refractivity contribution in [1.82, 2.24) is 9.78 Å². The number of carbonyl (C=O) groups is 1. The zero-order valence-corrected chi connectivity index (χ0v) is 12.7. The van der Waals surface area contributed by atoms with Gasteiger partial charge in [-0.1, -0.05) is 0 Å². The molecule has 0 saturated heterocycles. The van der Waals surface area contributed by atoms with E-state index in [4.69, 9.17) is 4.84 Å². The number of aromatic nitrogens is 3. The molecule has 2 aromatic rings. The Morgan fingerprint density at radius 1 is 1.43 bits per heavy atom. The minimum atomic E-state index is -4.77. The summed E-state index contributed by atoms with van der Waals surface area (Å²) < 4.78 is 46.9. The Morgan fingerprint density at radius 2 is 2.13 bits per heavy atom. The third-order valence-electron chi connectivity index (χ3n) is 3.08. The maximum absolute atomic E-state index is 13.4. The van der Waals surface area contributed by atoms with Crippen LogP contribution in [0.4, 0.5) is 13.2 Å². The lowest BCUT2D eigenvalue weighted by molar-refractivity contribution is -0.885. The van der Waals surface area contributed by atoms with E-state index in [0.717, 1.165) is 6.20 Å². The summed E-state index contributed by atoms with van der Waals surface area (Å²) in [5, 5.41) is 3.72. The fraction of sp³-hybridized carbons (Fsp3) is 0.357. The SMILES string of the molecule is CCOC(=O)c1cnn(-c2cc[n+](OC)cc2C)c1C(F)(F)F. The Hall–Kier alpha value is -2.58. The predicted octanol–water partition coefficient (Wildman–Crippen LogP) is 1.72. The lowest BCUT2D eigenvalue weighted by Gasteiger charge is -2.13. The third-order valence-corrected chi connectivity index (χ3v) is 3.08. The molecule has 0 saturated carbocycles. The average Bonchev–Trinajstić information content (AvgIpc) is 2.92. The first kappa shape index (κ1) is 16.8. The second kappa shape index (κ2) is 6.27. The molecule has 124 valence electrons. The topological polar surface area (TPSA) is 57.2 Å². The standard InChI is InChI=1S/C14H15F3N3O3/c1-4-23-13(21)10-7-18-20(12(10)14(15,16)17)11-5-6-19(22-3)8-9(11)2/h5-8H,4H2,1-3H3/q+1. The van der Waals surface area contributed by atoms with E-state index in [1.165, 1.54) is 37.2 Å². The van der Waals surface area contributed by atoms with E-state index in [2.05, 4.69) is 9.84 Å². The Bertz CT molecular complexity index is 726. The van der Waals surface area contributed by atoms with Crippen molar-refractivity contribution in [1.29, 1.82) is 0 Å². The number of halogens is 3. The van der Waals surface area contributed by atoms with Crippen LogP contribution >= 0.6 is 0 Å². The van der Waals surface area contributed by atoms with Gasteiger partial charge in [-0.3, -0.25) is 4.84 Å². The van der Waals surface area contributed by atoms with Crippen LogP contribution in [-0.4, -0.2) is 29.5 Å². The Morgan fingerprint density at radius 3 is 2.65 bits per heavy atom. The molecule has 0 bridgehead atoms. The van der Waals surface area contributed by atoms with Crippen molar-refractivity contribution < 1.29 is 32.3 Å². The average molecular weight is 330 g/mol. The highest BCUT2D eigenvalue weighted by Gasteiger charge is 2.41. The van der Waals surface area contributed by atoms with Crippen LogP contribution in [0.15, 0.2) is 24.7 Å². The molecule has 2 aromatic heterocycles.